The number of aryl methyl sites for hydroxylation is 2. The number of carbonyl (C=O) groups is 1. The second-order valence-corrected chi connectivity index (χ2v) is 11.5. The molecule has 0 radical (unpaired) electrons. The highest BCUT2D eigenvalue weighted by molar-refractivity contribution is 7.89. The molecule has 1 aromatic rings. The third kappa shape index (κ3) is 4.84. The van der Waals surface area contributed by atoms with Crippen LogP contribution in [0.1, 0.15) is 57.2 Å². The van der Waals surface area contributed by atoms with Crippen molar-refractivity contribution in [3.63, 3.8) is 0 Å². The van der Waals surface area contributed by atoms with Crippen LogP contribution in [0.15, 0.2) is 17.0 Å². The first-order chi connectivity index (χ1) is 13.4. The van der Waals surface area contributed by atoms with E-state index in [4.69, 9.17) is 0 Å². The summed E-state index contributed by atoms with van der Waals surface area (Å²) in [5.41, 5.74) is 2.72. The fourth-order valence-electron chi connectivity index (χ4n) is 3.97. The molecular weight excluding hydrogens is 386 g/mol. The number of benzene rings is 1. The van der Waals surface area contributed by atoms with E-state index in [0.717, 1.165) is 29.5 Å². The van der Waals surface area contributed by atoms with Gasteiger partial charge in [-0.1, -0.05) is 32.9 Å². The van der Waals surface area contributed by atoms with Gasteiger partial charge in [-0.05, 0) is 55.7 Å². The summed E-state index contributed by atoms with van der Waals surface area (Å²) in [6.45, 7) is 14.0. The molecule has 1 amide bonds. The quantitative estimate of drug-likeness (QED) is 0.793. The molecule has 3 rings (SSSR count). The highest BCUT2D eigenvalue weighted by Crippen LogP contribution is 2.31. The van der Waals surface area contributed by atoms with Crippen LogP contribution in [0.3, 0.4) is 0 Å². The van der Waals surface area contributed by atoms with Crippen molar-refractivity contribution in [2.24, 2.45) is 0 Å². The topological polar surface area (TPSA) is 69.7 Å². The Kier molecular flexibility index (Phi) is 6.14. The van der Waals surface area contributed by atoms with Gasteiger partial charge in [0.1, 0.15) is 0 Å². The maximum atomic E-state index is 13.4. The van der Waals surface area contributed by atoms with E-state index in [9.17, 15) is 13.2 Å². The van der Waals surface area contributed by atoms with Gasteiger partial charge in [0.05, 0.1) is 10.9 Å². The Morgan fingerprint density at radius 2 is 1.59 bits per heavy atom. The van der Waals surface area contributed by atoms with E-state index in [2.05, 4.69) is 31.0 Å². The molecular formula is C22H35N3O3S. The van der Waals surface area contributed by atoms with Crippen molar-refractivity contribution in [3.8, 4) is 0 Å². The molecule has 1 aromatic carbocycles. The lowest BCUT2D eigenvalue weighted by molar-refractivity contribution is -0.126. The van der Waals surface area contributed by atoms with E-state index in [-0.39, 0.29) is 17.4 Å². The van der Waals surface area contributed by atoms with Crippen LogP contribution in [0.4, 0.5) is 0 Å². The highest BCUT2D eigenvalue weighted by Gasteiger charge is 2.35. The Balaban J connectivity index is 1.72. The Bertz CT molecular complexity index is 854. The number of sulfonamides is 1. The van der Waals surface area contributed by atoms with E-state index >= 15 is 0 Å². The molecule has 0 aromatic heterocycles. The van der Waals surface area contributed by atoms with Gasteiger partial charge in [-0.15, -0.1) is 0 Å². The molecule has 0 bridgehead atoms. The standard InChI is InChI=1S/C22H35N3O3S/c1-15-13-18(22(4,5)6)14-16(2)20(15)29(27,28)25-11-9-24(10-12-25)17(3)21(26)23-19-7-8-19/h13-14,17,19H,7-12H2,1-6H3,(H,23,26)/t17-/m0/s1. The first kappa shape index (κ1) is 22.2. The van der Waals surface area contributed by atoms with Crippen molar-refractivity contribution in [2.45, 2.75) is 76.8 Å². The third-order valence-electron chi connectivity index (χ3n) is 6.05. The van der Waals surface area contributed by atoms with Gasteiger partial charge in [0.2, 0.25) is 15.9 Å². The lowest BCUT2D eigenvalue weighted by Gasteiger charge is -2.37. The zero-order valence-corrected chi connectivity index (χ0v) is 19.4. The first-order valence-corrected chi connectivity index (χ1v) is 12.0. The van der Waals surface area contributed by atoms with Gasteiger partial charge < -0.3 is 5.32 Å². The molecule has 1 N–H and O–H groups in total. The SMILES string of the molecule is Cc1cc(C(C)(C)C)cc(C)c1S(=O)(=O)N1CCN([C@@H](C)C(=O)NC2CC2)CC1. The van der Waals surface area contributed by atoms with Crippen molar-refractivity contribution in [2.75, 3.05) is 26.2 Å². The van der Waals surface area contributed by atoms with Gasteiger partial charge in [0, 0.05) is 32.2 Å². The predicted octanol–water partition coefficient (Wildman–Crippen LogP) is 2.57. The second-order valence-electron chi connectivity index (χ2n) is 9.59. The zero-order valence-electron chi connectivity index (χ0n) is 18.6. The smallest absolute Gasteiger partial charge is 0.243 e. The maximum absolute atomic E-state index is 13.4. The number of hydrogen-bond acceptors (Lipinski definition) is 4. The third-order valence-corrected chi connectivity index (χ3v) is 8.25. The predicted molar refractivity (Wildman–Crippen MR) is 116 cm³/mol. The largest absolute Gasteiger partial charge is 0.352 e. The molecule has 0 unspecified atom stereocenters. The molecule has 29 heavy (non-hydrogen) atoms. The molecule has 1 saturated carbocycles. The molecule has 1 aliphatic carbocycles. The Morgan fingerprint density at radius 1 is 1.07 bits per heavy atom. The van der Waals surface area contributed by atoms with Gasteiger partial charge in [-0.25, -0.2) is 8.42 Å². The van der Waals surface area contributed by atoms with Crippen LogP contribution in [0.25, 0.3) is 0 Å². The van der Waals surface area contributed by atoms with Crippen LogP contribution < -0.4 is 5.32 Å². The van der Waals surface area contributed by atoms with Crippen LogP contribution in [0.2, 0.25) is 0 Å². The summed E-state index contributed by atoms with van der Waals surface area (Å²) in [7, 11) is -3.56. The van der Waals surface area contributed by atoms with Crippen molar-refractivity contribution in [1.29, 1.82) is 0 Å². The molecule has 2 fully saturated rings. The van der Waals surface area contributed by atoms with Gasteiger partial charge in [-0.2, -0.15) is 4.31 Å². The number of carbonyl (C=O) groups excluding carboxylic acids is 1. The van der Waals surface area contributed by atoms with Crippen molar-refractivity contribution >= 4 is 15.9 Å². The highest BCUT2D eigenvalue weighted by atomic mass is 32.2. The lowest BCUT2D eigenvalue weighted by Crippen LogP contribution is -2.55. The number of nitrogens with one attached hydrogen (secondary N) is 1. The van der Waals surface area contributed by atoms with Gasteiger partial charge >= 0.3 is 0 Å². The van der Waals surface area contributed by atoms with Crippen LogP contribution in [-0.4, -0.2) is 61.8 Å². The van der Waals surface area contributed by atoms with Crippen LogP contribution >= 0.6 is 0 Å². The summed E-state index contributed by atoms with van der Waals surface area (Å²) in [5.74, 6) is 0.0493. The van der Waals surface area contributed by atoms with E-state index < -0.39 is 10.0 Å². The van der Waals surface area contributed by atoms with E-state index in [1.165, 1.54) is 0 Å². The molecule has 1 aliphatic heterocycles. The minimum Gasteiger partial charge on any atom is -0.352 e. The average Bonchev–Trinajstić information content (AvgIpc) is 3.43. The molecule has 1 saturated heterocycles. The molecule has 1 heterocycles. The van der Waals surface area contributed by atoms with E-state index in [1.807, 2.05) is 32.9 Å². The number of rotatable bonds is 5. The Morgan fingerprint density at radius 3 is 2.03 bits per heavy atom. The van der Waals surface area contributed by atoms with Crippen molar-refractivity contribution < 1.29 is 13.2 Å². The Labute approximate surface area is 175 Å². The van der Waals surface area contributed by atoms with E-state index in [0.29, 0.717) is 37.1 Å². The van der Waals surface area contributed by atoms with Crippen molar-refractivity contribution in [1.82, 2.24) is 14.5 Å². The van der Waals surface area contributed by atoms with Gasteiger partial charge in [-0.3, -0.25) is 9.69 Å². The average molecular weight is 422 g/mol. The molecule has 2 aliphatic rings. The summed E-state index contributed by atoms with van der Waals surface area (Å²) in [5, 5.41) is 3.04. The normalized spacial score (nSPS) is 20.5. The summed E-state index contributed by atoms with van der Waals surface area (Å²) < 4.78 is 28.3. The number of nitrogens with zero attached hydrogens (tertiary/aromatic N) is 2. The zero-order chi connectivity index (χ0) is 21.6. The summed E-state index contributed by atoms with van der Waals surface area (Å²) in [6.07, 6.45) is 2.13. The second kappa shape index (κ2) is 8.00. The van der Waals surface area contributed by atoms with Crippen LogP contribution in [-0.2, 0) is 20.2 Å². The van der Waals surface area contributed by atoms with E-state index in [1.54, 1.807) is 4.31 Å². The summed E-state index contributed by atoms with van der Waals surface area (Å²) >= 11 is 0. The van der Waals surface area contributed by atoms with Crippen LogP contribution in [0.5, 0.6) is 0 Å². The summed E-state index contributed by atoms with van der Waals surface area (Å²) in [6, 6.07) is 4.12. The van der Waals surface area contributed by atoms with Gasteiger partial charge in [0.15, 0.2) is 0 Å². The maximum Gasteiger partial charge on any atom is 0.243 e. The molecule has 0 spiro atoms. The minimum atomic E-state index is -3.56. The van der Waals surface area contributed by atoms with Crippen molar-refractivity contribution in [3.05, 3.63) is 28.8 Å². The molecule has 6 nitrogen and oxygen atoms in total. The minimum absolute atomic E-state index is 0.0272. The molecule has 162 valence electrons. The lowest BCUT2D eigenvalue weighted by atomic mass is 9.85. The van der Waals surface area contributed by atoms with Crippen LogP contribution in [0, 0.1) is 13.8 Å². The summed E-state index contributed by atoms with van der Waals surface area (Å²) in [4.78, 5) is 14.8. The fraction of sp³-hybridized carbons (Fsp3) is 0.682. The van der Waals surface area contributed by atoms with Gasteiger partial charge in [0.25, 0.3) is 0 Å². The monoisotopic (exact) mass is 421 g/mol. The number of hydrogen-bond donors (Lipinski definition) is 1. The molecule has 1 atom stereocenters. The number of piperazine rings is 1. The fourth-order valence-corrected chi connectivity index (χ4v) is 5.80. The Hall–Kier alpha value is -1.44. The first-order valence-electron chi connectivity index (χ1n) is 10.6. The number of amides is 1. The molecule has 7 heteroatoms.